The first kappa shape index (κ1) is 19.8. The molecule has 23 heavy (non-hydrogen) atoms. The summed E-state index contributed by atoms with van der Waals surface area (Å²) in [6, 6.07) is 3.50. The summed E-state index contributed by atoms with van der Waals surface area (Å²) in [7, 11) is -2.01. The minimum atomic E-state index is -3.86. The minimum Gasteiger partial charge on any atom is -0.317 e. The fourth-order valence-electron chi connectivity index (χ4n) is 2.84. The number of rotatable bonds is 4. The van der Waals surface area contributed by atoms with Gasteiger partial charge in [-0.2, -0.15) is 4.31 Å². The zero-order valence-corrected chi connectivity index (χ0v) is 15.0. The average molecular weight is 364 g/mol. The lowest BCUT2D eigenvalue weighted by Crippen LogP contribution is -2.44. The van der Waals surface area contributed by atoms with Crippen LogP contribution in [0.3, 0.4) is 0 Å². The molecule has 1 aliphatic rings. The molecule has 1 fully saturated rings. The summed E-state index contributed by atoms with van der Waals surface area (Å²) in [6.07, 6.45) is 1.41. The van der Waals surface area contributed by atoms with E-state index in [2.05, 4.69) is 5.32 Å². The normalized spacial score (nSPS) is 16.8. The molecule has 0 bridgehead atoms. The summed E-state index contributed by atoms with van der Waals surface area (Å²) >= 11 is 0. The molecular formula is C14H22ClN3O4S. The van der Waals surface area contributed by atoms with Gasteiger partial charge in [0.2, 0.25) is 10.0 Å². The van der Waals surface area contributed by atoms with E-state index in [0.717, 1.165) is 0 Å². The molecule has 0 saturated carbocycles. The van der Waals surface area contributed by atoms with E-state index >= 15 is 0 Å². The Balaban J connectivity index is 0.00000264. The maximum absolute atomic E-state index is 12.9. The molecule has 0 atom stereocenters. The highest BCUT2D eigenvalue weighted by molar-refractivity contribution is 7.89. The van der Waals surface area contributed by atoms with Crippen LogP contribution >= 0.6 is 12.4 Å². The summed E-state index contributed by atoms with van der Waals surface area (Å²) in [6.45, 7) is 3.90. The Bertz CT molecular complexity index is 686. The molecule has 0 spiro atoms. The second kappa shape index (κ2) is 7.57. The van der Waals surface area contributed by atoms with Gasteiger partial charge in [0.25, 0.3) is 5.69 Å². The van der Waals surface area contributed by atoms with Gasteiger partial charge in [-0.25, -0.2) is 8.42 Å². The van der Waals surface area contributed by atoms with Crippen LogP contribution in [0.25, 0.3) is 0 Å². The van der Waals surface area contributed by atoms with Crippen molar-refractivity contribution in [2.24, 2.45) is 0 Å². The molecule has 0 radical (unpaired) electrons. The van der Waals surface area contributed by atoms with Crippen LogP contribution in [-0.4, -0.2) is 43.8 Å². The predicted octanol–water partition coefficient (Wildman–Crippen LogP) is 2.01. The molecule has 1 heterocycles. The van der Waals surface area contributed by atoms with Gasteiger partial charge in [0.15, 0.2) is 4.90 Å². The molecule has 0 amide bonds. The van der Waals surface area contributed by atoms with Crippen LogP contribution in [-0.2, 0) is 10.0 Å². The van der Waals surface area contributed by atoms with Gasteiger partial charge in [-0.3, -0.25) is 10.1 Å². The lowest BCUT2D eigenvalue weighted by molar-refractivity contribution is -0.388. The molecule has 130 valence electrons. The number of piperidine rings is 1. The monoisotopic (exact) mass is 363 g/mol. The zero-order valence-electron chi connectivity index (χ0n) is 13.4. The Morgan fingerprint density at radius 1 is 1.22 bits per heavy atom. The van der Waals surface area contributed by atoms with Crippen molar-refractivity contribution in [1.82, 2.24) is 9.62 Å². The number of nitrogens with one attached hydrogen (secondary N) is 1. The van der Waals surface area contributed by atoms with E-state index in [0.29, 0.717) is 43.1 Å². The van der Waals surface area contributed by atoms with E-state index in [-0.39, 0.29) is 23.0 Å². The van der Waals surface area contributed by atoms with Crippen molar-refractivity contribution < 1.29 is 13.3 Å². The molecule has 2 rings (SSSR count). The van der Waals surface area contributed by atoms with Crippen molar-refractivity contribution in [3.63, 3.8) is 0 Å². The third-order valence-electron chi connectivity index (χ3n) is 4.17. The van der Waals surface area contributed by atoms with Crippen molar-refractivity contribution in [3.05, 3.63) is 33.4 Å². The Kier molecular flexibility index (Phi) is 6.52. The molecular weight excluding hydrogens is 342 g/mol. The van der Waals surface area contributed by atoms with Gasteiger partial charge < -0.3 is 5.32 Å². The van der Waals surface area contributed by atoms with Crippen molar-refractivity contribution in [2.75, 3.05) is 20.1 Å². The molecule has 1 aliphatic heterocycles. The van der Waals surface area contributed by atoms with E-state index in [9.17, 15) is 18.5 Å². The molecule has 9 heteroatoms. The van der Waals surface area contributed by atoms with Crippen molar-refractivity contribution in [1.29, 1.82) is 0 Å². The minimum absolute atomic E-state index is 0. The van der Waals surface area contributed by atoms with Crippen LogP contribution in [0, 0.1) is 24.0 Å². The number of nitro benzene ring substituents is 1. The zero-order chi connectivity index (χ0) is 16.5. The van der Waals surface area contributed by atoms with Crippen molar-refractivity contribution in [2.45, 2.75) is 37.6 Å². The summed E-state index contributed by atoms with van der Waals surface area (Å²) in [4.78, 5) is 10.6. The highest BCUT2D eigenvalue weighted by Gasteiger charge is 2.36. The van der Waals surface area contributed by atoms with Gasteiger partial charge in [-0.05, 0) is 39.3 Å². The van der Waals surface area contributed by atoms with Crippen LogP contribution in [0.2, 0.25) is 0 Å². The van der Waals surface area contributed by atoms with Gasteiger partial charge >= 0.3 is 0 Å². The SMILES string of the molecule is CNC1CCN(S(=O)(=O)c2c(C)ccc(C)c2[N+](=O)[O-])CC1.Cl. The Morgan fingerprint density at radius 2 is 1.74 bits per heavy atom. The number of aryl methyl sites for hydroxylation is 2. The average Bonchev–Trinajstić information content (AvgIpc) is 2.48. The van der Waals surface area contributed by atoms with E-state index < -0.39 is 14.9 Å². The molecule has 0 unspecified atom stereocenters. The summed E-state index contributed by atoms with van der Waals surface area (Å²) < 4.78 is 27.1. The van der Waals surface area contributed by atoms with Gasteiger partial charge in [-0.15, -0.1) is 12.4 Å². The van der Waals surface area contributed by atoms with E-state index in [1.165, 1.54) is 4.31 Å². The number of benzene rings is 1. The second-order valence-electron chi connectivity index (χ2n) is 5.60. The van der Waals surface area contributed by atoms with Crippen LogP contribution in [0.5, 0.6) is 0 Å². The number of nitrogens with zero attached hydrogens (tertiary/aromatic N) is 2. The molecule has 0 aromatic heterocycles. The first-order valence-electron chi connectivity index (χ1n) is 7.21. The Labute approximate surface area is 142 Å². The van der Waals surface area contributed by atoms with Crippen LogP contribution in [0.4, 0.5) is 5.69 Å². The van der Waals surface area contributed by atoms with Crippen molar-refractivity contribution in [3.8, 4) is 0 Å². The largest absolute Gasteiger partial charge is 0.317 e. The number of halogens is 1. The van der Waals surface area contributed by atoms with Gasteiger partial charge in [0.1, 0.15) is 0 Å². The molecule has 0 aliphatic carbocycles. The van der Waals surface area contributed by atoms with E-state index in [1.54, 1.807) is 26.0 Å². The fourth-order valence-corrected chi connectivity index (χ4v) is 4.74. The smallest absolute Gasteiger partial charge is 0.292 e. The van der Waals surface area contributed by atoms with Gasteiger partial charge in [0, 0.05) is 24.7 Å². The van der Waals surface area contributed by atoms with Crippen LogP contribution in [0.1, 0.15) is 24.0 Å². The quantitative estimate of drug-likeness (QED) is 0.652. The van der Waals surface area contributed by atoms with Gasteiger partial charge in [-0.1, -0.05) is 12.1 Å². The number of hydrogen-bond donors (Lipinski definition) is 1. The maximum atomic E-state index is 12.9. The third kappa shape index (κ3) is 3.82. The lowest BCUT2D eigenvalue weighted by Gasteiger charge is -2.31. The topological polar surface area (TPSA) is 92.6 Å². The Hall–Kier alpha value is -1.22. The van der Waals surface area contributed by atoms with Gasteiger partial charge in [0.05, 0.1) is 4.92 Å². The number of hydrogen-bond acceptors (Lipinski definition) is 5. The van der Waals surface area contributed by atoms with Crippen LogP contribution < -0.4 is 5.32 Å². The molecule has 7 nitrogen and oxygen atoms in total. The van der Waals surface area contributed by atoms with E-state index in [1.807, 2.05) is 7.05 Å². The number of sulfonamides is 1. The fraction of sp³-hybridized carbons (Fsp3) is 0.571. The first-order chi connectivity index (χ1) is 10.3. The van der Waals surface area contributed by atoms with Crippen LogP contribution in [0.15, 0.2) is 17.0 Å². The van der Waals surface area contributed by atoms with E-state index in [4.69, 9.17) is 0 Å². The van der Waals surface area contributed by atoms with Crippen molar-refractivity contribution >= 4 is 28.1 Å². The predicted molar refractivity (Wildman–Crippen MR) is 90.7 cm³/mol. The molecule has 1 saturated heterocycles. The highest BCUT2D eigenvalue weighted by Crippen LogP contribution is 2.33. The molecule has 1 aromatic rings. The third-order valence-corrected chi connectivity index (χ3v) is 6.25. The summed E-state index contributed by atoms with van der Waals surface area (Å²) in [5, 5.41) is 14.5. The Morgan fingerprint density at radius 3 is 2.22 bits per heavy atom. The number of nitro groups is 1. The standard InChI is InChI=1S/C14H21N3O4S.ClH/c1-10-4-5-11(2)14(13(10)17(18)19)22(20,21)16-8-6-12(15-3)7-9-16;/h4-5,12,15H,6-9H2,1-3H3;1H. The maximum Gasteiger partial charge on any atom is 0.292 e. The second-order valence-corrected chi connectivity index (χ2v) is 7.48. The lowest BCUT2D eigenvalue weighted by atomic mass is 10.1. The summed E-state index contributed by atoms with van der Waals surface area (Å²) in [5.74, 6) is 0. The molecule has 1 aromatic carbocycles. The molecule has 1 N–H and O–H groups in total. The highest BCUT2D eigenvalue weighted by atomic mass is 35.5. The summed E-state index contributed by atoms with van der Waals surface area (Å²) in [5.41, 5.74) is 0.461. The first-order valence-corrected chi connectivity index (χ1v) is 8.65.